The van der Waals surface area contributed by atoms with Crippen LogP contribution < -0.4 is 10.2 Å². The molecule has 1 amide bonds. The lowest BCUT2D eigenvalue weighted by Gasteiger charge is -2.13. The molecule has 1 aromatic rings. The number of carbonyl (C=O) groups is 1. The standard InChI is InChI=1S/C12H18N2OS/c1-14(2)11-6-4-5-10(7-11)8-13-12(15)9-16-3/h4-7H,8-9H2,1-3H3,(H,13,15). The number of rotatable bonds is 5. The Hall–Kier alpha value is -1.16. The number of thioether (sulfide) groups is 1. The van der Waals surface area contributed by atoms with Crippen molar-refractivity contribution in [2.75, 3.05) is 31.0 Å². The van der Waals surface area contributed by atoms with Gasteiger partial charge in [0.1, 0.15) is 0 Å². The van der Waals surface area contributed by atoms with Crippen molar-refractivity contribution in [3.63, 3.8) is 0 Å². The number of nitrogens with one attached hydrogen (secondary N) is 1. The van der Waals surface area contributed by atoms with Gasteiger partial charge in [-0.05, 0) is 24.0 Å². The van der Waals surface area contributed by atoms with Crippen LogP contribution in [0, 0.1) is 0 Å². The summed E-state index contributed by atoms with van der Waals surface area (Å²) in [5.41, 5.74) is 2.28. The molecule has 0 fully saturated rings. The van der Waals surface area contributed by atoms with Crippen LogP contribution in [0.4, 0.5) is 5.69 Å². The molecule has 0 atom stereocenters. The third-order valence-electron chi connectivity index (χ3n) is 2.19. The van der Waals surface area contributed by atoms with E-state index < -0.39 is 0 Å². The van der Waals surface area contributed by atoms with Crippen LogP contribution in [0.25, 0.3) is 0 Å². The molecule has 0 aromatic heterocycles. The highest BCUT2D eigenvalue weighted by molar-refractivity contribution is 7.99. The largest absolute Gasteiger partial charge is 0.378 e. The van der Waals surface area contributed by atoms with Crippen molar-refractivity contribution in [1.29, 1.82) is 0 Å². The molecule has 1 rings (SSSR count). The number of benzene rings is 1. The van der Waals surface area contributed by atoms with E-state index in [1.54, 1.807) is 0 Å². The van der Waals surface area contributed by atoms with Gasteiger partial charge in [0.2, 0.25) is 5.91 Å². The van der Waals surface area contributed by atoms with E-state index in [0.29, 0.717) is 12.3 Å². The van der Waals surface area contributed by atoms with E-state index in [-0.39, 0.29) is 5.91 Å². The van der Waals surface area contributed by atoms with Crippen LogP contribution in [0.1, 0.15) is 5.56 Å². The summed E-state index contributed by atoms with van der Waals surface area (Å²) in [6.07, 6.45) is 1.92. The lowest BCUT2D eigenvalue weighted by molar-refractivity contribution is -0.118. The van der Waals surface area contributed by atoms with E-state index in [1.165, 1.54) is 11.8 Å². The third kappa shape index (κ3) is 4.14. The zero-order valence-corrected chi connectivity index (χ0v) is 10.8. The van der Waals surface area contributed by atoms with Crippen molar-refractivity contribution in [2.24, 2.45) is 0 Å². The Morgan fingerprint density at radius 2 is 2.19 bits per heavy atom. The van der Waals surface area contributed by atoms with Gasteiger partial charge in [0.15, 0.2) is 0 Å². The maximum Gasteiger partial charge on any atom is 0.230 e. The Morgan fingerprint density at radius 3 is 2.81 bits per heavy atom. The van der Waals surface area contributed by atoms with Gasteiger partial charge in [0.05, 0.1) is 5.75 Å². The number of amides is 1. The zero-order valence-electron chi connectivity index (χ0n) is 9.99. The molecule has 0 radical (unpaired) electrons. The molecule has 0 aliphatic heterocycles. The molecule has 0 unspecified atom stereocenters. The fourth-order valence-corrected chi connectivity index (χ4v) is 1.69. The van der Waals surface area contributed by atoms with Crippen LogP contribution in [-0.4, -0.2) is 32.0 Å². The Morgan fingerprint density at radius 1 is 1.44 bits per heavy atom. The smallest absolute Gasteiger partial charge is 0.230 e. The van der Waals surface area contributed by atoms with Crippen LogP contribution >= 0.6 is 11.8 Å². The first-order valence-electron chi connectivity index (χ1n) is 5.15. The first-order valence-corrected chi connectivity index (χ1v) is 6.54. The highest BCUT2D eigenvalue weighted by atomic mass is 32.2. The quantitative estimate of drug-likeness (QED) is 0.848. The summed E-state index contributed by atoms with van der Waals surface area (Å²) in [7, 11) is 4.01. The molecular formula is C12H18N2OS. The fraction of sp³-hybridized carbons (Fsp3) is 0.417. The minimum absolute atomic E-state index is 0.0859. The van der Waals surface area contributed by atoms with E-state index in [0.717, 1.165) is 11.3 Å². The molecule has 0 bridgehead atoms. The van der Waals surface area contributed by atoms with Crippen molar-refractivity contribution in [3.05, 3.63) is 29.8 Å². The minimum atomic E-state index is 0.0859. The second-order valence-electron chi connectivity index (χ2n) is 3.77. The number of hydrogen-bond acceptors (Lipinski definition) is 3. The average Bonchev–Trinajstić information content (AvgIpc) is 2.27. The van der Waals surface area contributed by atoms with Gasteiger partial charge < -0.3 is 10.2 Å². The Labute approximate surface area is 101 Å². The average molecular weight is 238 g/mol. The topological polar surface area (TPSA) is 32.3 Å². The van der Waals surface area contributed by atoms with Gasteiger partial charge in [0.25, 0.3) is 0 Å². The molecule has 0 heterocycles. The van der Waals surface area contributed by atoms with Gasteiger partial charge in [-0.25, -0.2) is 0 Å². The maximum atomic E-state index is 11.3. The van der Waals surface area contributed by atoms with Crippen LogP contribution in [0.3, 0.4) is 0 Å². The summed E-state index contributed by atoms with van der Waals surface area (Å²) in [6, 6.07) is 8.16. The molecule has 0 aliphatic carbocycles. The first kappa shape index (κ1) is 12.9. The van der Waals surface area contributed by atoms with Gasteiger partial charge in [0, 0.05) is 26.3 Å². The molecule has 0 saturated carbocycles. The van der Waals surface area contributed by atoms with E-state index in [2.05, 4.69) is 11.4 Å². The first-order chi connectivity index (χ1) is 7.63. The number of nitrogens with zero attached hydrogens (tertiary/aromatic N) is 1. The monoisotopic (exact) mass is 238 g/mol. The van der Waals surface area contributed by atoms with Crippen LogP contribution in [0.2, 0.25) is 0 Å². The Kier molecular flexibility index (Phi) is 5.19. The predicted octanol–water partition coefficient (Wildman–Crippen LogP) is 1.73. The third-order valence-corrected chi connectivity index (χ3v) is 2.74. The molecule has 16 heavy (non-hydrogen) atoms. The van der Waals surface area contributed by atoms with E-state index in [9.17, 15) is 4.79 Å². The number of hydrogen-bond donors (Lipinski definition) is 1. The molecule has 3 nitrogen and oxygen atoms in total. The summed E-state index contributed by atoms with van der Waals surface area (Å²) < 4.78 is 0. The lowest BCUT2D eigenvalue weighted by Crippen LogP contribution is -2.24. The van der Waals surface area contributed by atoms with E-state index >= 15 is 0 Å². The molecule has 0 aliphatic rings. The van der Waals surface area contributed by atoms with E-state index in [1.807, 2.05) is 43.5 Å². The van der Waals surface area contributed by atoms with Crippen molar-refractivity contribution in [2.45, 2.75) is 6.54 Å². The van der Waals surface area contributed by atoms with Crippen molar-refractivity contribution < 1.29 is 4.79 Å². The molecule has 0 spiro atoms. The summed E-state index contributed by atoms with van der Waals surface area (Å²) >= 11 is 1.53. The second-order valence-corrected chi connectivity index (χ2v) is 4.64. The Balaban J connectivity index is 2.54. The summed E-state index contributed by atoms with van der Waals surface area (Å²) in [5.74, 6) is 0.607. The highest BCUT2D eigenvalue weighted by Crippen LogP contribution is 2.13. The van der Waals surface area contributed by atoms with Crippen LogP contribution in [0.15, 0.2) is 24.3 Å². The molecule has 88 valence electrons. The Bertz CT molecular complexity index is 353. The maximum absolute atomic E-state index is 11.3. The van der Waals surface area contributed by atoms with Gasteiger partial charge in [-0.3, -0.25) is 4.79 Å². The summed E-state index contributed by atoms with van der Waals surface area (Å²) in [5, 5.41) is 2.89. The lowest BCUT2D eigenvalue weighted by atomic mass is 10.2. The normalized spacial score (nSPS) is 9.94. The highest BCUT2D eigenvalue weighted by Gasteiger charge is 2.01. The zero-order chi connectivity index (χ0) is 12.0. The van der Waals surface area contributed by atoms with Crippen molar-refractivity contribution in [1.82, 2.24) is 5.32 Å². The van der Waals surface area contributed by atoms with Crippen molar-refractivity contribution in [3.8, 4) is 0 Å². The number of carbonyl (C=O) groups excluding carboxylic acids is 1. The van der Waals surface area contributed by atoms with E-state index in [4.69, 9.17) is 0 Å². The van der Waals surface area contributed by atoms with Crippen LogP contribution in [-0.2, 0) is 11.3 Å². The minimum Gasteiger partial charge on any atom is -0.378 e. The number of anilines is 1. The van der Waals surface area contributed by atoms with Gasteiger partial charge >= 0.3 is 0 Å². The predicted molar refractivity (Wildman–Crippen MR) is 71.0 cm³/mol. The van der Waals surface area contributed by atoms with Gasteiger partial charge in [-0.15, -0.1) is 0 Å². The molecular weight excluding hydrogens is 220 g/mol. The second kappa shape index (κ2) is 6.43. The SMILES string of the molecule is CSCC(=O)NCc1cccc(N(C)C)c1. The molecule has 1 N–H and O–H groups in total. The van der Waals surface area contributed by atoms with Gasteiger partial charge in [-0.1, -0.05) is 12.1 Å². The molecule has 1 aromatic carbocycles. The van der Waals surface area contributed by atoms with Gasteiger partial charge in [-0.2, -0.15) is 11.8 Å². The summed E-state index contributed by atoms with van der Waals surface area (Å²) in [4.78, 5) is 13.3. The van der Waals surface area contributed by atoms with Crippen LogP contribution in [0.5, 0.6) is 0 Å². The van der Waals surface area contributed by atoms with Crippen molar-refractivity contribution >= 4 is 23.4 Å². The molecule has 0 saturated heterocycles. The summed E-state index contributed by atoms with van der Waals surface area (Å²) in [6.45, 7) is 0.598. The molecule has 4 heteroatoms. The fourth-order valence-electron chi connectivity index (χ4n) is 1.33.